The quantitative estimate of drug-likeness (QED) is 0.813. The third-order valence-corrected chi connectivity index (χ3v) is 1.50. The van der Waals surface area contributed by atoms with Crippen molar-refractivity contribution in [3.05, 3.63) is 24.3 Å². The van der Waals surface area contributed by atoms with Crippen LogP contribution in [0.15, 0.2) is 24.3 Å². The van der Waals surface area contributed by atoms with Crippen molar-refractivity contribution in [2.75, 3.05) is 19.8 Å². The van der Waals surface area contributed by atoms with Gasteiger partial charge < -0.3 is 15.2 Å². The van der Waals surface area contributed by atoms with E-state index in [1.165, 1.54) is 0 Å². The molecule has 0 aliphatic rings. The molecule has 0 heterocycles. The first-order chi connectivity index (χ1) is 7.36. The number of hydrogen-bond acceptors (Lipinski definition) is 3. The Bertz CT molecular complexity index is 251. The second-order valence-corrected chi connectivity index (χ2v) is 2.55. The molecular weight excluding hydrogens is 190 g/mol. The lowest BCUT2D eigenvalue weighted by atomic mass is 10.3. The number of nitrogens with two attached hydrogens (primary N) is 1. The van der Waals surface area contributed by atoms with Crippen LogP contribution in [0.1, 0.15) is 20.8 Å². The summed E-state index contributed by atoms with van der Waals surface area (Å²) in [6.07, 6.45) is 0. The van der Waals surface area contributed by atoms with Crippen molar-refractivity contribution in [3.8, 4) is 11.5 Å². The Morgan fingerprint density at radius 1 is 1.13 bits per heavy atom. The number of ether oxygens (including phenoxy) is 2. The zero-order chi connectivity index (χ0) is 11.5. The lowest BCUT2D eigenvalue weighted by Crippen LogP contribution is -2.10. The summed E-state index contributed by atoms with van der Waals surface area (Å²) in [6, 6.07) is 7.55. The van der Waals surface area contributed by atoms with E-state index in [2.05, 4.69) is 0 Å². The highest BCUT2D eigenvalue weighted by Crippen LogP contribution is 2.18. The van der Waals surface area contributed by atoms with Crippen molar-refractivity contribution >= 4 is 0 Å². The van der Waals surface area contributed by atoms with Gasteiger partial charge in [-0.25, -0.2) is 0 Å². The predicted octanol–water partition coefficient (Wildman–Crippen LogP) is 2.45. The maximum absolute atomic E-state index is 5.34. The van der Waals surface area contributed by atoms with Gasteiger partial charge in [0.25, 0.3) is 0 Å². The Hall–Kier alpha value is -1.22. The first-order valence-electron chi connectivity index (χ1n) is 5.42. The molecule has 1 rings (SSSR count). The van der Waals surface area contributed by atoms with Crippen molar-refractivity contribution in [1.82, 2.24) is 0 Å². The Morgan fingerprint density at radius 3 is 2.27 bits per heavy atom. The van der Waals surface area contributed by atoms with Crippen LogP contribution in [0.4, 0.5) is 0 Å². The van der Waals surface area contributed by atoms with E-state index in [0.717, 1.165) is 11.5 Å². The second kappa shape index (κ2) is 9.34. The van der Waals surface area contributed by atoms with Gasteiger partial charge in [0.2, 0.25) is 0 Å². The van der Waals surface area contributed by atoms with Crippen molar-refractivity contribution < 1.29 is 9.47 Å². The van der Waals surface area contributed by atoms with E-state index in [1.807, 2.05) is 45.0 Å². The molecule has 1 aromatic carbocycles. The van der Waals surface area contributed by atoms with E-state index in [4.69, 9.17) is 15.2 Å². The highest BCUT2D eigenvalue weighted by molar-refractivity contribution is 5.32. The van der Waals surface area contributed by atoms with Crippen LogP contribution >= 0.6 is 0 Å². The Morgan fingerprint density at radius 2 is 1.73 bits per heavy atom. The van der Waals surface area contributed by atoms with Crippen molar-refractivity contribution in [2.45, 2.75) is 20.8 Å². The van der Waals surface area contributed by atoms with Crippen molar-refractivity contribution in [1.29, 1.82) is 0 Å². The van der Waals surface area contributed by atoms with Gasteiger partial charge in [0.05, 0.1) is 6.61 Å². The minimum Gasteiger partial charge on any atom is -0.494 e. The molecular formula is C12H21NO2. The summed E-state index contributed by atoms with van der Waals surface area (Å²) in [4.78, 5) is 0. The molecule has 0 unspecified atom stereocenters. The van der Waals surface area contributed by atoms with Gasteiger partial charge in [0.1, 0.15) is 18.1 Å². The summed E-state index contributed by atoms with van der Waals surface area (Å²) in [5.74, 6) is 1.63. The van der Waals surface area contributed by atoms with E-state index in [9.17, 15) is 0 Å². The first kappa shape index (κ1) is 13.8. The largest absolute Gasteiger partial charge is 0.494 e. The van der Waals surface area contributed by atoms with E-state index in [-0.39, 0.29) is 0 Å². The van der Waals surface area contributed by atoms with Gasteiger partial charge in [0.15, 0.2) is 0 Å². The fourth-order valence-corrected chi connectivity index (χ4v) is 0.997. The molecule has 1 aromatic rings. The summed E-state index contributed by atoms with van der Waals surface area (Å²) in [5, 5.41) is 0. The number of hydrogen-bond donors (Lipinski definition) is 1. The van der Waals surface area contributed by atoms with E-state index >= 15 is 0 Å². The van der Waals surface area contributed by atoms with Crippen LogP contribution in [0.2, 0.25) is 0 Å². The van der Waals surface area contributed by atoms with Crippen LogP contribution in [-0.2, 0) is 0 Å². The van der Waals surface area contributed by atoms with Crippen molar-refractivity contribution in [3.63, 3.8) is 0 Å². The summed E-state index contributed by atoms with van der Waals surface area (Å²) in [5.41, 5.74) is 5.32. The molecule has 0 amide bonds. The summed E-state index contributed by atoms with van der Waals surface area (Å²) >= 11 is 0. The van der Waals surface area contributed by atoms with Gasteiger partial charge in [-0.15, -0.1) is 0 Å². The zero-order valence-electron chi connectivity index (χ0n) is 9.82. The highest BCUT2D eigenvalue weighted by atomic mass is 16.5. The van der Waals surface area contributed by atoms with Crippen LogP contribution in [0, 0.1) is 0 Å². The SMILES string of the molecule is CC.CCOc1cccc(OCCN)c1. The summed E-state index contributed by atoms with van der Waals surface area (Å²) < 4.78 is 10.7. The van der Waals surface area contributed by atoms with E-state index < -0.39 is 0 Å². The molecule has 0 aliphatic heterocycles. The normalized spacial score (nSPS) is 8.80. The first-order valence-corrected chi connectivity index (χ1v) is 5.42. The third kappa shape index (κ3) is 5.96. The predicted molar refractivity (Wildman–Crippen MR) is 63.5 cm³/mol. The third-order valence-electron chi connectivity index (χ3n) is 1.50. The van der Waals surface area contributed by atoms with Crippen LogP contribution in [-0.4, -0.2) is 19.8 Å². The average molecular weight is 211 g/mol. The van der Waals surface area contributed by atoms with Crippen LogP contribution in [0.3, 0.4) is 0 Å². The van der Waals surface area contributed by atoms with Crippen LogP contribution < -0.4 is 15.2 Å². The standard InChI is InChI=1S/C10H15NO2.C2H6/c1-2-12-9-4-3-5-10(8-9)13-7-6-11;1-2/h3-5,8H,2,6-7,11H2,1H3;1-2H3. The molecule has 3 heteroatoms. The van der Waals surface area contributed by atoms with Crippen LogP contribution in [0.5, 0.6) is 11.5 Å². The molecule has 0 aliphatic carbocycles. The highest BCUT2D eigenvalue weighted by Gasteiger charge is 1.95. The van der Waals surface area contributed by atoms with Crippen molar-refractivity contribution in [2.24, 2.45) is 5.73 Å². The average Bonchev–Trinajstić information content (AvgIpc) is 2.30. The number of rotatable bonds is 5. The van der Waals surface area contributed by atoms with Gasteiger partial charge in [-0.2, -0.15) is 0 Å². The smallest absolute Gasteiger partial charge is 0.123 e. The molecule has 0 saturated carbocycles. The maximum atomic E-state index is 5.34. The topological polar surface area (TPSA) is 44.5 Å². The number of benzene rings is 1. The van der Waals surface area contributed by atoms with Crippen LogP contribution in [0.25, 0.3) is 0 Å². The minimum atomic E-state index is 0.527. The molecule has 86 valence electrons. The van der Waals surface area contributed by atoms with Gasteiger partial charge in [-0.05, 0) is 19.1 Å². The molecule has 0 fully saturated rings. The maximum Gasteiger partial charge on any atom is 0.123 e. The molecule has 0 atom stereocenters. The second-order valence-electron chi connectivity index (χ2n) is 2.55. The lowest BCUT2D eigenvalue weighted by molar-refractivity contribution is 0.316. The fourth-order valence-electron chi connectivity index (χ4n) is 0.997. The summed E-state index contributed by atoms with van der Waals surface area (Å²) in [6.45, 7) is 7.68. The van der Waals surface area contributed by atoms with Gasteiger partial charge in [-0.3, -0.25) is 0 Å². The molecule has 3 nitrogen and oxygen atoms in total. The Kier molecular flexibility index (Phi) is 8.58. The van der Waals surface area contributed by atoms with Gasteiger partial charge in [0, 0.05) is 12.6 Å². The van der Waals surface area contributed by atoms with E-state index in [1.54, 1.807) is 0 Å². The zero-order valence-corrected chi connectivity index (χ0v) is 9.82. The minimum absolute atomic E-state index is 0.527. The lowest BCUT2D eigenvalue weighted by Gasteiger charge is -2.06. The molecule has 0 bridgehead atoms. The molecule has 2 N–H and O–H groups in total. The molecule has 0 aromatic heterocycles. The molecule has 0 spiro atoms. The Balaban J connectivity index is 0.000000921. The monoisotopic (exact) mass is 211 g/mol. The fraction of sp³-hybridized carbons (Fsp3) is 0.500. The molecule has 15 heavy (non-hydrogen) atoms. The van der Waals surface area contributed by atoms with Gasteiger partial charge in [-0.1, -0.05) is 19.9 Å². The van der Waals surface area contributed by atoms with E-state index in [0.29, 0.717) is 19.8 Å². The van der Waals surface area contributed by atoms with Gasteiger partial charge >= 0.3 is 0 Å². The Labute approximate surface area is 92.2 Å². The molecule has 0 radical (unpaired) electrons. The summed E-state index contributed by atoms with van der Waals surface area (Å²) in [7, 11) is 0. The molecule has 0 saturated heterocycles.